The molecule has 0 bridgehead atoms. The van der Waals surface area contributed by atoms with Gasteiger partial charge in [0.05, 0.1) is 22.9 Å². The molecule has 0 amide bonds. The van der Waals surface area contributed by atoms with Gasteiger partial charge in [-0.25, -0.2) is 12.8 Å². The number of rotatable bonds is 5. The number of nitrogens with two attached hydrogens (primary N) is 1. The number of halogens is 2. The molecule has 6 nitrogen and oxygen atoms in total. The third kappa shape index (κ3) is 3.60. The van der Waals surface area contributed by atoms with Crippen molar-refractivity contribution in [2.24, 2.45) is 5.73 Å². The molecule has 1 aromatic carbocycles. The molecule has 3 N–H and O–H groups in total. The zero-order valence-electron chi connectivity index (χ0n) is 11.2. The Balaban J connectivity index is 2.30. The molecule has 0 spiro atoms. The fourth-order valence-electron chi connectivity index (χ4n) is 1.70. The lowest BCUT2D eigenvalue weighted by Crippen LogP contribution is -2.14. The second kappa shape index (κ2) is 6.12. The predicted octanol–water partition coefficient (Wildman–Crippen LogP) is 1.85. The maximum atomic E-state index is 13.4. The lowest BCUT2D eigenvalue weighted by atomic mass is 10.2. The van der Waals surface area contributed by atoms with Gasteiger partial charge in [-0.3, -0.25) is 9.40 Å². The molecule has 0 aliphatic carbocycles. The van der Waals surface area contributed by atoms with Crippen LogP contribution < -0.4 is 10.5 Å². The van der Waals surface area contributed by atoms with Gasteiger partial charge in [0.15, 0.2) is 0 Å². The highest BCUT2D eigenvalue weighted by Crippen LogP contribution is 2.26. The minimum atomic E-state index is -3.78. The first-order chi connectivity index (χ1) is 9.83. The van der Waals surface area contributed by atoms with Crippen molar-refractivity contribution in [1.82, 2.24) is 9.78 Å². The number of hydrogen-bond acceptors (Lipinski definition) is 4. The number of anilines is 1. The van der Waals surface area contributed by atoms with E-state index in [2.05, 4.69) is 25.8 Å². The van der Waals surface area contributed by atoms with Crippen LogP contribution in [0.2, 0.25) is 0 Å². The Bertz CT molecular complexity index is 761. The molecule has 21 heavy (non-hydrogen) atoms. The zero-order valence-corrected chi connectivity index (χ0v) is 13.6. The van der Waals surface area contributed by atoms with E-state index in [1.54, 1.807) is 6.92 Å². The van der Waals surface area contributed by atoms with Gasteiger partial charge in [0.1, 0.15) is 10.7 Å². The van der Waals surface area contributed by atoms with Crippen molar-refractivity contribution < 1.29 is 12.8 Å². The molecule has 2 aromatic rings. The largest absolute Gasteiger partial charge is 0.329 e. The lowest BCUT2D eigenvalue weighted by Gasteiger charge is -2.10. The van der Waals surface area contributed by atoms with E-state index in [1.165, 1.54) is 29.2 Å². The summed E-state index contributed by atoms with van der Waals surface area (Å²) in [5.74, 6) is -0.453. The minimum Gasteiger partial charge on any atom is -0.329 e. The van der Waals surface area contributed by atoms with E-state index in [4.69, 9.17) is 5.73 Å². The van der Waals surface area contributed by atoms with E-state index in [9.17, 15) is 12.8 Å². The number of aromatic nitrogens is 2. The van der Waals surface area contributed by atoms with Crippen molar-refractivity contribution in [3.05, 3.63) is 40.4 Å². The quantitative estimate of drug-likeness (QED) is 0.832. The Hall–Kier alpha value is -1.45. The average Bonchev–Trinajstić information content (AvgIpc) is 2.86. The van der Waals surface area contributed by atoms with Crippen LogP contribution in [0.1, 0.15) is 5.56 Å². The maximum Gasteiger partial charge on any atom is 0.265 e. The van der Waals surface area contributed by atoms with Gasteiger partial charge in [-0.15, -0.1) is 0 Å². The Morgan fingerprint density at radius 3 is 2.86 bits per heavy atom. The fourth-order valence-corrected chi connectivity index (χ4v) is 3.11. The first-order valence-corrected chi connectivity index (χ1v) is 8.32. The summed E-state index contributed by atoms with van der Waals surface area (Å²) >= 11 is 3.03. The topological polar surface area (TPSA) is 90.0 Å². The van der Waals surface area contributed by atoms with Crippen LogP contribution in [0.3, 0.4) is 0 Å². The van der Waals surface area contributed by atoms with Crippen LogP contribution in [-0.4, -0.2) is 24.7 Å². The van der Waals surface area contributed by atoms with Gasteiger partial charge in [0, 0.05) is 12.7 Å². The smallest absolute Gasteiger partial charge is 0.265 e. The summed E-state index contributed by atoms with van der Waals surface area (Å²) in [6.07, 6.45) is 2.63. The van der Waals surface area contributed by atoms with Crippen molar-refractivity contribution >= 4 is 31.6 Å². The van der Waals surface area contributed by atoms with Crippen LogP contribution in [0.4, 0.5) is 10.1 Å². The van der Waals surface area contributed by atoms with E-state index in [0.29, 0.717) is 24.3 Å². The van der Waals surface area contributed by atoms with Crippen molar-refractivity contribution in [3.8, 4) is 0 Å². The summed E-state index contributed by atoms with van der Waals surface area (Å²) in [5.41, 5.74) is 6.17. The van der Waals surface area contributed by atoms with Crippen LogP contribution in [0.5, 0.6) is 0 Å². The number of nitrogens with one attached hydrogen (secondary N) is 1. The maximum absolute atomic E-state index is 13.4. The Morgan fingerprint density at radius 2 is 2.19 bits per heavy atom. The van der Waals surface area contributed by atoms with Crippen LogP contribution in [-0.2, 0) is 16.6 Å². The summed E-state index contributed by atoms with van der Waals surface area (Å²) in [6, 6.07) is 2.63. The van der Waals surface area contributed by atoms with Gasteiger partial charge in [0.25, 0.3) is 10.0 Å². The van der Waals surface area contributed by atoms with Crippen LogP contribution in [0.25, 0.3) is 0 Å². The van der Waals surface area contributed by atoms with Gasteiger partial charge < -0.3 is 5.73 Å². The standard InChI is InChI=1S/C12H14BrFN4O2S/c1-8-4-11(14)10(13)5-12(8)17-21(19,20)9-6-16-18(7-9)3-2-15/h4-7,17H,2-3,15H2,1H3. The third-order valence-corrected chi connectivity index (χ3v) is 4.72. The lowest BCUT2D eigenvalue weighted by molar-refractivity contribution is 0.599. The van der Waals surface area contributed by atoms with E-state index in [0.717, 1.165) is 0 Å². The van der Waals surface area contributed by atoms with Crippen LogP contribution in [0, 0.1) is 12.7 Å². The Kier molecular flexibility index (Phi) is 4.64. The Labute approximate surface area is 130 Å². The second-order valence-corrected chi connectivity index (χ2v) is 6.95. The molecule has 9 heteroatoms. The third-order valence-electron chi connectivity index (χ3n) is 2.79. The normalized spacial score (nSPS) is 11.6. The van der Waals surface area contributed by atoms with E-state index in [1.807, 2.05) is 0 Å². The molecule has 0 atom stereocenters. The van der Waals surface area contributed by atoms with Crippen LogP contribution >= 0.6 is 15.9 Å². The number of aryl methyl sites for hydroxylation is 1. The first-order valence-electron chi connectivity index (χ1n) is 6.04. The van der Waals surface area contributed by atoms with Gasteiger partial charge in [-0.1, -0.05) is 0 Å². The zero-order chi connectivity index (χ0) is 15.6. The fraction of sp³-hybridized carbons (Fsp3) is 0.250. The highest BCUT2D eigenvalue weighted by Gasteiger charge is 2.18. The molecule has 0 radical (unpaired) electrons. The summed E-state index contributed by atoms with van der Waals surface area (Å²) in [6.45, 7) is 2.40. The molecule has 2 rings (SSSR count). The molecule has 0 fully saturated rings. The van der Waals surface area contributed by atoms with Crippen molar-refractivity contribution in [1.29, 1.82) is 0 Å². The molecule has 0 saturated heterocycles. The van der Waals surface area contributed by atoms with E-state index < -0.39 is 15.8 Å². The molecular weight excluding hydrogens is 363 g/mol. The molecule has 0 unspecified atom stereocenters. The Morgan fingerprint density at radius 1 is 1.48 bits per heavy atom. The predicted molar refractivity (Wildman–Crippen MR) is 80.9 cm³/mol. The second-order valence-electron chi connectivity index (χ2n) is 4.41. The molecular formula is C12H14BrFN4O2S. The number of nitrogens with zero attached hydrogens (tertiary/aromatic N) is 2. The van der Waals surface area contributed by atoms with Crippen LogP contribution in [0.15, 0.2) is 33.9 Å². The van der Waals surface area contributed by atoms with Gasteiger partial charge >= 0.3 is 0 Å². The van der Waals surface area contributed by atoms with E-state index in [-0.39, 0.29) is 9.37 Å². The molecule has 0 aliphatic rings. The highest BCUT2D eigenvalue weighted by molar-refractivity contribution is 9.10. The average molecular weight is 377 g/mol. The first kappa shape index (κ1) is 15.9. The van der Waals surface area contributed by atoms with Gasteiger partial charge in [-0.2, -0.15) is 5.10 Å². The number of hydrogen-bond donors (Lipinski definition) is 2. The number of benzene rings is 1. The van der Waals surface area contributed by atoms with Crippen molar-refractivity contribution in [2.75, 3.05) is 11.3 Å². The SMILES string of the molecule is Cc1cc(F)c(Br)cc1NS(=O)(=O)c1cnn(CCN)c1. The molecule has 1 heterocycles. The highest BCUT2D eigenvalue weighted by atomic mass is 79.9. The molecule has 0 saturated carbocycles. The monoisotopic (exact) mass is 376 g/mol. The van der Waals surface area contributed by atoms with Gasteiger partial charge in [0.2, 0.25) is 0 Å². The minimum absolute atomic E-state index is 0.0239. The van der Waals surface area contributed by atoms with Gasteiger partial charge in [-0.05, 0) is 40.5 Å². The van der Waals surface area contributed by atoms with Crippen molar-refractivity contribution in [3.63, 3.8) is 0 Å². The molecule has 114 valence electrons. The number of sulfonamides is 1. The summed E-state index contributed by atoms with van der Waals surface area (Å²) < 4.78 is 41.9. The molecule has 1 aromatic heterocycles. The summed E-state index contributed by atoms with van der Waals surface area (Å²) in [5, 5.41) is 3.92. The van der Waals surface area contributed by atoms with E-state index >= 15 is 0 Å². The molecule has 0 aliphatic heterocycles. The summed E-state index contributed by atoms with van der Waals surface area (Å²) in [7, 11) is -3.78. The summed E-state index contributed by atoms with van der Waals surface area (Å²) in [4.78, 5) is 0.0239. The van der Waals surface area contributed by atoms with Crippen molar-refractivity contribution in [2.45, 2.75) is 18.4 Å².